The fourth-order valence-electron chi connectivity index (χ4n) is 3.55. The van der Waals surface area contributed by atoms with Crippen LogP contribution in [0, 0.1) is 12.8 Å². The molecule has 1 saturated carbocycles. The maximum atomic E-state index is 12.7. The smallest absolute Gasteiger partial charge is 0.295 e. The molecule has 0 saturated heterocycles. The zero-order valence-electron chi connectivity index (χ0n) is 14.4. The monoisotopic (exact) mass is 327 g/mol. The van der Waals surface area contributed by atoms with Gasteiger partial charge in [0.1, 0.15) is 5.69 Å². The van der Waals surface area contributed by atoms with Gasteiger partial charge in [-0.15, -0.1) is 0 Å². The lowest BCUT2D eigenvalue weighted by atomic mass is 10.0. The van der Waals surface area contributed by atoms with Gasteiger partial charge in [0, 0.05) is 13.5 Å². The molecule has 1 heterocycles. The molecule has 1 aromatic heterocycles. The van der Waals surface area contributed by atoms with Crippen LogP contribution in [-0.4, -0.2) is 15.3 Å². The highest BCUT2D eigenvalue weighted by molar-refractivity contribution is 5.91. The summed E-state index contributed by atoms with van der Waals surface area (Å²) in [6.07, 6.45) is 6.45. The van der Waals surface area contributed by atoms with Crippen LogP contribution in [0.25, 0.3) is 5.69 Å². The molecule has 0 aliphatic heterocycles. The van der Waals surface area contributed by atoms with Crippen molar-refractivity contribution in [2.24, 2.45) is 13.0 Å². The number of rotatable bonds is 5. The molecule has 5 nitrogen and oxygen atoms in total. The van der Waals surface area contributed by atoms with Crippen LogP contribution in [0.1, 0.15) is 44.2 Å². The van der Waals surface area contributed by atoms with Crippen molar-refractivity contribution in [3.05, 3.63) is 46.4 Å². The molecule has 3 rings (SSSR count). The molecule has 0 atom stereocenters. The molecule has 0 unspecified atom stereocenters. The van der Waals surface area contributed by atoms with Gasteiger partial charge >= 0.3 is 0 Å². The number of hydrogen-bond acceptors (Lipinski definition) is 2. The lowest BCUT2D eigenvalue weighted by Gasteiger charge is -2.08. The topological polar surface area (TPSA) is 56.0 Å². The summed E-state index contributed by atoms with van der Waals surface area (Å²) < 4.78 is 3.37. The van der Waals surface area contributed by atoms with E-state index in [0.717, 1.165) is 17.8 Å². The van der Waals surface area contributed by atoms with Crippen LogP contribution in [-0.2, 0) is 11.8 Å². The Morgan fingerprint density at radius 1 is 1.21 bits per heavy atom. The fraction of sp³-hybridized carbons (Fsp3) is 0.474. The van der Waals surface area contributed by atoms with Crippen LogP contribution >= 0.6 is 0 Å². The average molecular weight is 327 g/mol. The molecular formula is C19H25N3O2. The number of anilines is 1. The summed E-state index contributed by atoms with van der Waals surface area (Å²) >= 11 is 0. The van der Waals surface area contributed by atoms with Crippen LogP contribution in [0.15, 0.2) is 35.1 Å². The van der Waals surface area contributed by atoms with Crippen molar-refractivity contribution in [1.29, 1.82) is 0 Å². The van der Waals surface area contributed by atoms with E-state index in [-0.39, 0.29) is 11.5 Å². The number of nitrogens with zero attached hydrogens (tertiary/aromatic N) is 2. The van der Waals surface area contributed by atoms with Gasteiger partial charge in [0.2, 0.25) is 5.91 Å². The molecule has 0 bridgehead atoms. The summed E-state index contributed by atoms with van der Waals surface area (Å²) in [5.74, 6) is 0.613. The summed E-state index contributed by atoms with van der Waals surface area (Å²) in [6.45, 7) is 1.85. The van der Waals surface area contributed by atoms with Crippen LogP contribution in [0.4, 0.5) is 5.69 Å². The first-order valence-corrected chi connectivity index (χ1v) is 8.72. The Morgan fingerprint density at radius 3 is 2.54 bits per heavy atom. The van der Waals surface area contributed by atoms with Gasteiger partial charge in [0.25, 0.3) is 5.56 Å². The maximum absolute atomic E-state index is 12.7. The van der Waals surface area contributed by atoms with E-state index in [1.807, 2.05) is 44.3 Å². The number of amides is 1. The molecule has 1 aliphatic rings. The first kappa shape index (κ1) is 16.6. The Bertz CT molecular complexity index is 768. The molecule has 24 heavy (non-hydrogen) atoms. The molecule has 5 heteroatoms. The average Bonchev–Trinajstić information content (AvgIpc) is 3.17. The minimum Gasteiger partial charge on any atom is -0.320 e. The van der Waals surface area contributed by atoms with E-state index in [2.05, 4.69) is 5.32 Å². The van der Waals surface area contributed by atoms with Gasteiger partial charge in [0.05, 0.1) is 11.4 Å². The van der Waals surface area contributed by atoms with Gasteiger partial charge in [-0.25, -0.2) is 4.68 Å². The second-order valence-electron chi connectivity index (χ2n) is 6.67. The van der Waals surface area contributed by atoms with E-state index >= 15 is 0 Å². The van der Waals surface area contributed by atoms with E-state index in [4.69, 9.17) is 0 Å². The Labute approximate surface area is 142 Å². The molecule has 1 fully saturated rings. The van der Waals surface area contributed by atoms with Gasteiger partial charge in [-0.1, -0.05) is 43.9 Å². The van der Waals surface area contributed by atoms with Gasteiger partial charge in [-0.05, 0) is 31.4 Å². The lowest BCUT2D eigenvalue weighted by molar-refractivity contribution is -0.116. The number of aromatic nitrogens is 2. The predicted octanol–water partition coefficient (Wildman–Crippen LogP) is 3.39. The number of carbonyl (C=O) groups is 1. The molecule has 0 radical (unpaired) electrons. The highest BCUT2D eigenvalue weighted by atomic mass is 16.2. The first-order chi connectivity index (χ1) is 11.6. The minimum atomic E-state index is -0.185. The number of nitrogens with one attached hydrogen (secondary N) is 1. The number of para-hydroxylation sites is 1. The van der Waals surface area contributed by atoms with Crippen LogP contribution < -0.4 is 10.9 Å². The molecule has 1 aromatic carbocycles. The zero-order valence-corrected chi connectivity index (χ0v) is 14.4. The third kappa shape index (κ3) is 3.30. The first-order valence-electron chi connectivity index (χ1n) is 8.72. The summed E-state index contributed by atoms with van der Waals surface area (Å²) in [7, 11) is 1.83. The molecule has 0 spiro atoms. The SMILES string of the molecule is Cc1c(NC(=O)CCC2CCCC2)c(=O)n(-c2ccccc2)n1C. The van der Waals surface area contributed by atoms with E-state index in [1.165, 1.54) is 25.7 Å². The highest BCUT2D eigenvalue weighted by Crippen LogP contribution is 2.28. The molecule has 1 amide bonds. The van der Waals surface area contributed by atoms with Crippen molar-refractivity contribution in [2.45, 2.75) is 45.4 Å². The third-order valence-electron chi connectivity index (χ3n) is 5.07. The van der Waals surface area contributed by atoms with E-state index in [9.17, 15) is 9.59 Å². The van der Waals surface area contributed by atoms with Gasteiger partial charge < -0.3 is 5.32 Å². The number of carbonyl (C=O) groups excluding carboxylic acids is 1. The molecule has 1 N–H and O–H groups in total. The zero-order chi connectivity index (χ0) is 17.1. The standard InChI is InChI=1S/C19H25N3O2/c1-14-18(20-17(23)13-12-15-8-6-7-9-15)19(24)22(21(14)2)16-10-4-3-5-11-16/h3-5,10-11,15H,6-9,12-13H2,1-2H3,(H,20,23). The van der Waals surface area contributed by atoms with Gasteiger partial charge in [0.15, 0.2) is 0 Å². The summed E-state index contributed by atoms with van der Waals surface area (Å²) in [5, 5.41) is 2.84. The van der Waals surface area contributed by atoms with E-state index in [0.29, 0.717) is 18.0 Å². The predicted molar refractivity (Wildman–Crippen MR) is 95.6 cm³/mol. The summed E-state index contributed by atoms with van der Waals surface area (Å²) in [6, 6.07) is 9.46. The molecular weight excluding hydrogens is 302 g/mol. The summed E-state index contributed by atoms with van der Waals surface area (Å²) in [5.41, 5.74) is 1.76. The number of benzene rings is 1. The van der Waals surface area contributed by atoms with Crippen LogP contribution in [0.5, 0.6) is 0 Å². The molecule has 2 aromatic rings. The van der Waals surface area contributed by atoms with Crippen molar-refractivity contribution in [3.8, 4) is 5.69 Å². The molecule has 128 valence electrons. The fourth-order valence-corrected chi connectivity index (χ4v) is 3.55. The Hall–Kier alpha value is -2.30. The van der Waals surface area contributed by atoms with E-state index < -0.39 is 0 Å². The Balaban J connectivity index is 1.76. The Morgan fingerprint density at radius 2 is 1.88 bits per heavy atom. The largest absolute Gasteiger partial charge is 0.320 e. The van der Waals surface area contributed by atoms with Gasteiger partial charge in [-0.3, -0.25) is 14.3 Å². The third-order valence-corrected chi connectivity index (χ3v) is 5.07. The second-order valence-corrected chi connectivity index (χ2v) is 6.67. The van der Waals surface area contributed by atoms with Crippen molar-refractivity contribution in [1.82, 2.24) is 9.36 Å². The van der Waals surface area contributed by atoms with Crippen molar-refractivity contribution < 1.29 is 4.79 Å². The van der Waals surface area contributed by atoms with Crippen LogP contribution in [0.2, 0.25) is 0 Å². The van der Waals surface area contributed by atoms with Crippen molar-refractivity contribution in [2.75, 3.05) is 5.32 Å². The minimum absolute atomic E-state index is 0.0621. The Kier molecular flexibility index (Phi) is 4.88. The number of hydrogen-bond donors (Lipinski definition) is 1. The summed E-state index contributed by atoms with van der Waals surface area (Å²) in [4.78, 5) is 25.0. The lowest BCUT2D eigenvalue weighted by Crippen LogP contribution is -2.23. The quantitative estimate of drug-likeness (QED) is 0.915. The van der Waals surface area contributed by atoms with Crippen LogP contribution in [0.3, 0.4) is 0 Å². The normalized spacial score (nSPS) is 14.9. The van der Waals surface area contributed by atoms with Crippen molar-refractivity contribution >= 4 is 11.6 Å². The second kappa shape index (κ2) is 7.07. The van der Waals surface area contributed by atoms with Gasteiger partial charge in [-0.2, -0.15) is 0 Å². The molecule has 1 aliphatic carbocycles. The maximum Gasteiger partial charge on any atom is 0.295 e. The van der Waals surface area contributed by atoms with Crippen molar-refractivity contribution in [3.63, 3.8) is 0 Å². The highest BCUT2D eigenvalue weighted by Gasteiger charge is 2.20. The van der Waals surface area contributed by atoms with E-state index in [1.54, 1.807) is 9.36 Å².